The summed E-state index contributed by atoms with van der Waals surface area (Å²) in [6.45, 7) is 3.74. The predicted octanol–water partition coefficient (Wildman–Crippen LogP) is 6.09. The number of methoxy groups -OCH3 is 4. The molecular weight excluding hydrogens is 636 g/mol. The van der Waals surface area contributed by atoms with Gasteiger partial charge in [-0.15, -0.1) is 0 Å². The van der Waals surface area contributed by atoms with E-state index in [1.54, 1.807) is 48.5 Å². The standard InChI is InChI=1S/C40H42N2O8/c1-47-37(43)33-15-7-29(8-16-33)25-41(26-30-9-17-34(18-10-30)38(44)48-2)23-5-6-24-42(27-31-11-19-35(20-12-31)39(45)49-3)28-32-13-21-36(22-14-32)40(46)50-4/h5-22H,23-28H2,1-4H3. The van der Waals surface area contributed by atoms with Crippen LogP contribution in [0.25, 0.3) is 0 Å². The zero-order valence-electron chi connectivity index (χ0n) is 28.8. The second-order valence-corrected chi connectivity index (χ2v) is 11.6. The third-order valence-corrected chi connectivity index (χ3v) is 8.02. The average Bonchev–Trinajstić information content (AvgIpc) is 3.16. The van der Waals surface area contributed by atoms with Crippen LogP contribution in [0.5, 0.6) is 0 Å². The van der Waals surface area contributed by atoms with Crippen molar-refractivity contribution in [2.75, 3.05) is 41.5 Å². The Morgan fingerprint density at radius 2 is 0.600 bits per heavy atom. The maximum atomic E-state index is 11.9. The Labute approximate surface area is 292 Å². The Balaban J connectivity index is 1.50. The van der Waals surface area contributed by atoms with Gasteiger partial charge in [-0.1, -0.05) is 60.7 Å². The van der Waals surface area contributed by atoms with Crippen molar-refractivity contribution in [3.8, 4) is 0 Å². The highest BCUT2D eigenvalue weighted by Gasteiger charge is 2.13. The number of benzene rings is 4. The van der Waals surface area contributed by atoms with Crippen LogP contribution in [0.4, 0.5) is 0 Å². The van der Waals surface area contributed by atoms with E-state index in [9.17, 15) is 19.2 Å². The SMILES string of the molecule is COC(=O)c1ccc(CN(CC=CCN(Cc2ccc(C(=O)OC)cc2)Cc2ccc(C(=O)OC)cc2)Cc2ccc(C(=O)OC)cc2)cc1. The Kier molecular flexibility index (Phi) is 14.0. The molecule has 0 amide bonds. The highest BCUT2D eigenvalue weighted by molar-refractivity contribution is 5.90. The molecule has 50 heavy (non-hydrogen) atoms. The fourth-order valence-electron chi connectivity index (χ4n) is 5.31. The Hall–Kier alpha value is -5.58. The highest BCUT2D eigenvalue weighted by Crippen LogP contribution is 2.16. The summed E-state index contributed by atoms with van der Waals surface area (Å²) in [6.07, 6.45) is 4.25. The van der Waals surface area contributed by atoms with E-state index in [2.05, 4.69) is 22.0 Å². The zero-order chi connectivity index (χ0) is 35.9. The lowest BCUT2D eigenvalue weighted by Crippen LogP contribution is -2.25. The number of hydrogen-bond donors (Lipinski definition) is 0. The minimum atomic E-state index is -0.384. The van der Waals surface area contributed by atoms with Gasteiger partial charge in [-0.05, 0) is 70.8 Å². The third-order valence-electron chi connectivity index (χ3n) is 8.02. The van der Waals surface area contributed by atoms with E-state index in [1.165, 1.54) is 28.4 Å². The van der Waals surface area contributed by atoms with Crippen molar-refractivity contribution < 1.29 is 38.1 Å². The van der Waals surface area contributed by atoms with Crippen LogP contribution in [0.1, 0.15) is 63.7 Å². The van der Waals surface area contributed by atoms with Gasteiger partial charge in [0.05, 0.1) is 50.7 Å². The van der Waals surface area contributed by atoms with E-state index in [0.717, 1.165) is 22.3 Å². The average molecular weight is 679 g/mol. The second-order valence-electron chi connectivity index (χ2n) is 11.6. The van der Waals surface area contributed by atoms with Gasteiger partial charge in [0.15, 0.2) is 0 Å². The lowest BCUT2D eigenvalue weighted by atomic mass is 10.1. The van der Waals surface area contributed by atoms with Crippen LogP contribution in [0.15, 0.2) is 109 Å². The summed E-state index contributed by atoms with van der Waals surface area (Å²) < 4.78 is 19.3. The van der Waals surface area contributed by atoms with E-state index in [4.69, 9.17) is 18.9 Å². The fourth-order valence-corrected chi connectivity index (χ4v) is 5.31. The zero-order valence-corrected chi connectivity index (χ0v) is 28.8. The monoisotopic (exact) mass is 678 g/mol. The molecule has 0 bridgehead atoms. The molecule has 0 saturated heterocycles. The maximum absolute atomic E-state index is 11.9. The summed E-state index contributed by atoms with van der Waals surface area (Å²) in [5, 5.41) is 0. The number of hydrogen-bond acceptors (Lipinski definition) is 10. The Bertz CT molecular complexity index is 1500. The van der Waals surface area contributed by atoms with Crippen molar-refractivity contribution in [3.63, 3.8) is 0 Å². The van der Waals surface area contributed by atoms with Gasteiger partial charge in [-0.3, -0.25) is 9.80 Å². The van der Waals surface area contributed by atoms with Gasteiger partial charge in [0.25, 0.3) is 0 Å². The van der Waals surface area contributed by atoms with Crippen LogP contribution in [0.2, 0.25) is 0 Å². The largest absolute Gasteiger partial charge is 0.465 e. The lowest BCUT2D eigenvalue weighted by molar-refractivity contribution is 0.0592. The molecule has 0 aliphatic carbocycles. The van der Waals surface area contributed by atoms with E-state index in [0.29, 0.717) is 61.5 Å². The molecule has 4 aromatic rings. The maximum Gasteiger partial charge on any atom is 0.337 e. The molecule has 4 rings (SSSR count). The van der Waals surface area contributed by atoms with Gasteiger partial charge in [0, 0.05) is 39.3 Å². The number of esters is 4. The van der Waals surface area contributed by atoms with Crippen LogP contribution in [-0.4, -0.2) is 75.2 Å². The third kappa shape index (κ3) is 11.0. The molecule has 0 N–H and O–H groups in total. The van der Waals surface area contributed by atoms with Crippen molar-refractivity contribution in [2.45, 2.75) is 26.2 Å². The molecule has 260 valence electrons. The molecule has 0 radical (unpaired) electrons. The van der Waals surface area contributed by atoms with Gasteiger partial charge in [-0.25, -0.2) is 19.2 Å². The fraction of sp³-hybridized carbons (Fsp3) is 0.250. The van der Waals surface area contributed by atoms with Gasteiger partial charge >= 0.3 is 23.9 Å². The smallest absolute Gasteiger partial charge is 0.337 e. The van der Waals surface area contributed by atoms with Crippen molar-refractivity contribution in [3.05, 3.63) is 154 Å². The summed E-state index contributed by atoms with van der Waals surface area (Å²) in [6, 6.07) is 29.4. The molecule has 10 nitrogen and oxygen atoms in total. The van der Waals surface area contributed by atoms with E-state index in [-0.39, 0.29) is 23.9 Å². The molecule has 0 unspecified atom stereocenters. The summed E-state index contributed by atoms with van der Waals surface area (Å²) in [4.78, 5) is 52.3. The lowest BCUT2D eigenvalue weighted by Gasteiger charge is -2.23. The van der Waals surface area contributed by atoms with E-state index in [1.807, 2.05) is 48.5 Å². The number of carbonyl (C=O) groups is 4. The predicted molar refractivity (Wildman–Crippen MR) is 188 cm³/mol. The van der Waals surface area contributed by atoms with Crippen molar-refractivity contribution in [2.24, 2.45) is 0 Å². The van der Waals surface area contributed by atoms with Crippen LogP contribution in [0.3, 0.4) is 0 Å². The molecule has 0 heterocycles. The molecular formula is C40H42N2O8. The number of nitrogens with zero attached hydrogens (tertiary/aromatic N) is 2. The van der Waals surface area contributed by atoms with Crippen molar-refractivity contribution >= 4 is 23.9 Å². The van der Waals surface area contributed by atoms with Crippen LogP contribution < -0.4 is 0 Å². The molecule has 0 spiro atoms. The van der Waals surface area contributed by atoms with Gasteiger partial charge in [0.2, 0.25) is 0 Å². The summed E-state index contributed by atoms with van der Waals surface area (Å²) in [5.74, 6) is -1.54. The minimum absolute atomic E-state index is 0.384. The number of rotatable bonds is 16. The molecule has 0 atom stereocenters. The first-order chi connectivity index (χ1) is 24.2. The first kappa shape index (κ1) is 37.2. The first-order valence-electron chi connectivity index (χ1n) is 16.0. The van der Waals surface area contributed by atoms with Crippen LogP contribution in [-0.2, 0) is 45.1 Å². The van der Waals surface area contributed by atoms with E-state index >= 15 is 0 Å². The Morgan fingerprint density at radius 3 is 0.780 bits per heavy atom. The van der Waals surface area contributed by atoms with Crippen molar-refractivity contribution in [1.29, 1.82) is 0 Å². The van der Waals surface area contributed by atoms with Crippen LogP contribution >= 0.6 is 0 Å². The molecule has 10 heteroatoms. The minimum Gasteiger partial charge on any atom is -0.465 e. The van der Waals surface area contributed by atoms with Gasteiger partial charge < -0.3 is 18.9 Å². The molecule has 0 aliphatic heterocycles. The van der Waals surface area contributed by atoms with Gasteiger partial charge in [0.1, 0.15) is 0 Å². The summed E-state index contributed by atoms with van der Waals surface area (Å²) in [7, 11) is 5.44. The van der Waals surface area contributed by atoms with Gasteiger partial charge in [-0.2, -0.15) is 0 Å². The normalized spacial score (nSPS) is 11.1. The molecule has 4 aromatic carbocycles. The Morgan fingerprint density at radius 1 is 0.400 bits per heavy atom. The molecule has 0 saturated carbocycles. The first-order valence-corrected chi connectivity index (χ1v) is 16.0. The quantitative estimate of drug-likeness (QED) is 0.0784. The highest BCUT2D eigenvalue weighted by atomic mass is 16.5. The number of carbonyl (C=O) groups excluding carboxylic acids is 4. The topological polar surface area (TPSA) is 112 Å². The van der Waals surface area contributed by atoms with Crippen molar-refractivity contribution in [1.82, 2.24) is 9.80 Å². The summed E-state index contributed by atoms with van der Waals surface area (Å²) >= 11 is 0. The molecule has 0 fully saturated rings. The van der Waals surface area contributed by atoms with E-state index < -0.39 is 0 Å². The molecule has 0 aromatic heterocycles. The number of ether oxygens (including phenoxy) is 4. The molecule has 0 aliphatic rings. The second kappa shape index (κ2) is 18.8. The summed E-state index contributed by atoms with van der Waals surface area (Å²) in [5.41, 5.74) is 6.08. The van der Waals surface area contributed by atoms with Crippen LogP contribution in [0, 0.1) is 0 Å².